The van der Waals surface area contributed by atoms with Crippen LogP contribution in [-0.2, 0) is 0 Å². The summed E-state index contributed by atoms with van der Waals surface area (Å²) in [5.41, 5.74) is 7.32. The molecule has 1 aromatic carbocycles. The minimum Gasteiger partial charge on any atom is -0.369 e. The van der Waals surface area contributed by atoms with Crippen LogP contribution in [0.5, 0.6) is 0 Å². The van der Waals surface area contributed by atoms with Crippen molar-refractivity contribution in [3.63, 3.8) is 0 Å². The topological polar surface area (TPSA) is 54.7 Å². The summed E-state index contributed by atoms with van der Waals surface area (Å²) in [5.74, 6) is 0.282. The number of aromatic amines is 1. The number of nitrogens with two attached hydrogens (primary N) is 1. The largest absolute Gasteiger partial charge is 0.369 e. The first-order valence-corrected chi connectivity index (χ1v) is 5.18. The molecule has 0 amide bonds. The van der Waals surface area contributed by atoms with Crippen LogP contribution in [0, 0.1) is 4.64 Å². The second-order valence-corrected chi connectivity index (χ2v) is 3.85. The number of rotatable bonds is 1. The second kappa shape index (κ2) is 4.04. The first-order chi connectivity index (χ1) is 7.18. The molecule has 0 saturated heterocycles. The predicted octanol–water partition coefficient (Wildman–Crippen LogP) is 2.68. The third kappa shape index (κ3) is 2.03. The third-order valence-corrected chi connectivity index (χ3v) is 2.61. The lowest BCUT2D eigenvalue weighted by molar-refractivity contribution is 1.07. The van der Waals surface area contributed by atoms with Gasteiger partial charge in [0.15, 0.2) is 5.95 Å². The Morgan fingerprint density at radius 1 is 1.27 bits per heavy atom. The molecule has 5 heteroatoms. The van der Waals surface area contributed by atoms with Crippen molar-refractivity contribution in [3.05, 3.63) is 35.0 Å². The van der Waals surface area contributed by atoms with Crippen LogP contribution in [0.3, 0.4) is 0 Å². The Labute approximate surface area is 97.8 Å². The zero-order valence-corrected chi connectivity index (χ0v) is 9.48. The van der Waals surface area contributed by atoms with Crippen molar-refractivity contribution in [2.45, 2.75) is 5.03 Å². The van der Waals surface area contributed by atoms with Crippen LogP contribution < -0.4 is 5.73 Å². The smallest absolute Gasteiger partial charge is 0.199 e. The molecule has 0 spiro atoms. The number of thiol groups is 1. The molecule has 0 atom stereocenters. The van der Waals surface area contributed by atoms with Crippen LogP contribution in [0.1, 0.15) is 0 Å². The number of H-pyrrole nitrogens is 1. The van der Waals surface area contributed by atoms with Crippen LogP contribution in [0.15, 0.2) is 35.4 Å². The number of aromatic nitrogens is 2. The van der Waals surface area contributed by atoms with Gasteiger partial charge in [0.05, 0.1) is 0 Å². The fourth-order valence-corrected chi connectivity index (χ4v) is 2.09. The van der Waals surface area contributed by atoms with E-state index in [1.54, 1.807) is 0 Å². The summed E-state index contributed by atoms with van der Waals surface area (Å²) in [6.45, 7) is 0. The van der Waals surface area contributed by atoms with Gasteiger partial charge in [-0.3, -0.25) is 0 Å². The minimum absolute atomic E-state index is 0.282. The average molecular weight is 235 g/mol. The summed E-state index contributed by atoms with van der Waals surface area (Å²) in [7, 11) is 0. The molecule has 0 bridgehead atoms. The van der Waals surface area contributed by atoms with E-state index in [4.69, 9.17) is 18.0 Å². The zero-order valence-electron chi connectivity index (χ0n) is 7.77. The number of nitrogen functional groups attached to an aromatic ring is 1. The number of hydrogen-bond acceptors (Lipinski definition) is 4. The number of anilines is 1. The van der Waals surface area contributed by atoms with E-state index in [2.05, 4.69) is 22.6 Å². The highest BCUT2D eigenvalue weighted by Gasteiger charge is 2.06. The van der Waals surface area contributed by atoms with Gasteiger partial charge in [0.25, 0.3) is 0 Å². The number of nitrogens with one attached hydrogen (secondary N) is 1. The SMILES string of the molecule is Nc1nc(S)c(-c2ccccc2)c(=S)[nH]1. The van der Waals surface area contributed by atoms with Crippen molar-refractivity contribution in [2.24, 2.45) is 0 Å². The molecule has 0 aliphatic heterocycles. The van der Waals surface area contributed by atoms with Crippen LogP contribution in [0.2, 0.25) is 0 Å². The van der Waals surface area contributed by atoms with E-state index in [1.807, 2.05) is 30.3 Å². The Hall–Kier alpha value is -1.33. The lowest BCUT2D eigenvalue weighted by Crippen LogP contribution is -1.97. The maximum atomic E-state index is 5.52. The van der Waals surface area contributed by atoms with E-state index in [9.17, 15) is 0 Å². The van der Waals surface area contributed by atoms with Crippen LogP contribution in [0.25, 0.3) is 11.1 Å². The summed E-state index contributed by atoms with van der Waals surface area (Å²) in [4.78, 5) is 6.84. The van der Waals surface area contributed by atoms with E-state index in [1.165, 1.54) is 0 Å². The monoisotopic (exact) mass is 235 g/mol. The number of hydrogen-bond donors (Lipinski definition) is 3. The second-order valence-electron chi connectivity index (χ2n) is 3.02. The Balaban J connectivity index is 2.69. The van der Waals surface area contributed by atoms with Crippen molar-refractivity contribution in [1.29, 1.82) is 0 Å². The third-order valence-electron chi connectivity index (χ3n) is 1.98. The van der Waals surface area contributed by atoms with E-state index in [0.29, 0.717) is 9.67 Å². The molecule has 1 aromatic heterocycles. The molecule has 2 aromatic rings. The van der Waals surface area contributed by atoms with Gasteiger partial charge >= 0.3 is 0 Å². The number of nitrogens with zero attached hydrogens (tertiary/aromatic N) is 1. The average Bonchev–Trinajstić information content (AvgIpc) is 2.17. The predicted molar refractivity (Wildman–Crippen MR) is 66.5 cm³/mol. The van der Waals surface area contributed by atoms with E-state index < -0.39 is 0 Å². The van der Waals surface area contributed by atoms with Gasteiger partial charge in [-0.25, -0.2) is 4.98 Å². The summed E-state index contributed by atoms with van der Waals surface area (Å²) in [6.07, 6.45) is 0. The van der Waals surface area contributed by atoms with E-state index in [-0.39, 0.29) is 5.95 Å². The molecule has 0 radical (unpaired) electrons. The first-order valence-electron chi connectivity index (χ1n) is 4.32. The van der Waals surface area contributed by atoms with Crippen molar-refractivity contribution >= 4 is 30.8 Å². The van der Waals surface area contributed by atoms with Gasteiger partial charge in [0.1, 0.15) is 9.67 Å². The maximum Gasteiger partial charge on any atom is 0.199 e. The highest BCUT2D eigenvalue weighted by molar-refractivity contribution is 7.80. The van der Waals surface area contributed by atoms with Crippen molar-refractivity contribution < 1.29 is 0 Å². The lowest BCUT2D eigenvalue weighted by atomic mass is 10.1. The summed E-state index contributed by atoms with van der Waals surface area (Å²) in [5, 5.41) is 0.544. The van der Waals surface area contributed by atoms with Crippen molar-refractivity contribution in [3.8, 4) is 11.1 Å². The molecule has 1 heterocycles. The molecular weight excluding hydrogens is 226 g/mol. The van der Waals surface area contributed by atoms with E-state index >= 15 is 0 Å². The Kier molecular flexibility index (Phi) is 2.75. The highest BCUT2D eigenvalue weighted by Crippen LogP contribution is 2.25. The van der Waals surface area contributed by atoms with Crippen LogP contribution in [0.4, 0.5) is 5.95 Å². The molecule has 0 unspecified atom stereocenters. The van der Waals surface area contributed by atoms with Crippen LogP contribution in [-0.4, -0.2) is 9.97 Å². The first kappa shape index (κ1) is 10.2. The van der Waals surface area contributed by atoms with Crippen molar-refractivity contribution in [2.75, 3.05) is 5.73 Å². The molecule has 15 heavy (non-hydrogen) atoms. The molecule has 3 nitrogen and oxygen atoms in total. The van der Waals surface area contributed by atoms with Crippen LogP contribution >= 0.6 is 24.8 Å². The van der Waals surface area contributed by atoms with Crippen molar-refractivity contribution in [1.82, 2.24) is 9.97 Å². The van der Waals surface area contributed by atoms with Gasteiger partial charge in [0.2, 0.25) is 0 Å². The summed E-state index contributed by atoms with van der Waals surface area (Å²) < 4.78 is 0.554. The fraction of sp³-hybridized carbons (Fsp3) is 0. The van der Waals surface area contributed by atoms with Gasteiger partial charge in [-0.05, 0) is 5.56 Å². The summed E-state index contributed by atoms with van der Waals surface area (Å²) >= 11 is 9.46. The van der Waals surface area contributed by atoms with Gasteiger partial charge in [-0.2, -0.15) is 0 Å². The van der Waals surface area contributed by atoms with E-state index in [0.717, 1.165) is 11.1 Å². The maximum absolute atomic E-state index is 5.52. The quantitative estimate of drug-likeness (QED) is 0.404. The normalized spacial score (nSPS) is 10.2. The minimum atomic E-state index is 0.282. The molecule has 0 aliphatic rings. The van der Waals surface area contributed by atoms with Gasteiger partial charge in [-0.15, -0.1) is 12.6 Å². The highest BCUT2D eigenvalue weighted by atomic mass is 32.1. The Bertz CT molecular complexity index is 534. The molecule has 2 rings (SSSR count). The molecule has 76 valence electrons. The molecular formula is C10H9N3S2. The standard InChI is InChI=1S/C10H9N3S2/c11-10-12-8(14)7(9(15)13-10)6-4-2-1-3-5-6/h1-5H,(H4,11,12,13,14,15). The van der Waals surface area contributed by atoms with Gasteiger partial charge < -0.3 is 10.7 Å². The molecule has 0 saturated carbocycles. The Morgan fingerprint density at radius 2 is 1.93 bits per heavy atom. The summed E-state index contributed by atoms with van der Waals surface area (Å²) in [6, 6.07) is 9.73. The molecule has 3 N–H and O–H groups in total. The zero-order chi connectivity index (χ0) is 10.8. The van der Waals surface area contributed by atoms with Gasteiger partial charge in [0, 0.05) is 5.56 Å². The molecule has 0 aliphatic carbocycles. The number of benzene rings is 1. The lowest BCUT2D eigenvalue weighted by Gasteiger charge is -2.05. The van der Waals surface area contributed by atoms with Gasteiger partial charge in [-0.1, -0.05) is 42.5 Å². The Morgan fingerprint density at radius 3 is 2.53 bits per heavy atom. The fourth-order valence-electron chi connectivity index (χ4n) is 1.34. The molecule has 0 fully saturated rings.